The summed E-state index contributed by atoms with van der Waals surface area (Å²) in [6.45, 7) is 4.37. The number of amides is 1. The van der Waals surface area contributed by atoms with Crippen molar-refractivity contribution in [3.63, 3.8) is 0 Å². The number of rotatable bonds is 9. The van der Waals surface area contributed by atoms with Gasteiger partial charge >= 0.3 is 0 Å². The molecule has 0 heterocycles. The Kier molecular flexibility index (Phi) is 7.87. The van der Waals surface area contributed by atoms with E-state index >= 15 is 0 Å². The van der Waals surface area contributed by atoms with Crippen molar-refractivity contribution >= 4 is 33.2 Å². The summed E-state index contributed by atoms with van der Waals surface area (Å²) in [4.78, 5) is 12.8. The van der Waals surface area contributed by atoms with Crippen LogP contribution in [-0.2, 0) is 21.4 Å². The molecule has 29 heavy (non-hydrogen) atoms. The van der Waals surface area contributed by atoms with E-state index < -0.39 is 27.8 Å². The first-order valence-corrected chi connectivity index (χ1v) is 11.3. The van der Waals surface area contributed by atoms with Crippen LogP contribution in [0.15, 0.2) is 42.5 Å². The topological polar surface area (TPSA) is 75.7 Å². The van der Waals surface area contributed by atoms with E-state index in [1.54, 1.807) is 19.1 Å². The SMILES string of the molecule is CCOc1ccc(CNC(=O)[C@H](CC)N(c2ccc(F)c(Cl)c2)S(C)(=O)=O)cc1. The highest BCUT2D eigenvalue weighted by atomic mass is 35.5. The summed E-state index contributed by atoms with van der Waals surface area (Å²) in [6.07, 6.45) is 1.21. The van der Waals surface area contributed by atoms with Crippen molar-refractivity contribution in [1.29, 1.82) is 0 Å². The maximum atomic E-state index is 13.5. The number of ether oxygens (including phenoxy) is 1. The van der Waals surface area contributed by atoms with E-state index in [0.29, 0.717) is 6.61 Å². The lowest BCUT2D eigenvalue weighted by molar-refractivity contribution is -0.122. The highest BCUT2D eigenvalue weighted by Crippen LogP contribution is 2.27. The smallest absolute Gasteiger partial charge is 0.244 e. The third-order valence-corrected chi connectivity index (χ3v) is 5.66. The van der Waals surface area contributed by atoms with Gasteiger partial charge in [-0.2, -0.15) is 0 Å². The van der Waals surface area contributed by atoms with Gasteiger partial charge in [-0.25, -0.2) is 12.8 Å². The molecule has 0 radical (unpaired) electrons. The molecule has 0 saturated carbocycles. The predicted molar refractivity (Wildman–Crippen MR) is 112 cm³/mol. The van der Waals surface area contributed by atoms with Gasteiger partial charge in [-0.1, -0.05) is 30.7 Å². The molecular weight excluding hydrogens is 419 g/mol. The Balaban J connectivity index is 2.20. The van der Waals surface area contributed by atoms with Gasteiger partial charge in [0, 0.05) is 6.54 Å². The van der Waals surface area contributed by atoms with E-state index in [0.717, 1.165) is 27.9 Å². The number of benzene rings is 2. The number of hydrogen-bond acceptors (Lipinski definition) is 4. The van der Waals surface area contributed by atoms with Crippen LogP contribution >= 0.6 is 11.6 Å². The van der Waals surface area contributed by atoms with Gasteiger partial charge in [0.25, 0.3) is 0 Å². The molecule has 0 aliphatic heterocycles. The molecule has 2 rings (SSSR count). The van der Waals surface area contributed by atoms with Gasteiger partial charge in [0.15, 0.2) is 0 Å². The van der Waals surface area contributed by atoms with E-state index in [1.165, 1.54) is 12.1 Å². The molecule has 0 bridgehead atoms. The van der Waals surface area contributed by atoms with Crippen LogP contribution in [-0.4, -0.2) is 33.2 Å². The molecule has 2 aromatic carbocycles. The number of hydrogen-bond donors (Lipinski definition) is 1. The molecule has 0 aromatic heterocycles. The monoisotopic (exact) mass is 442 g/mol. The van der Waals surface area contributed by atoms with Crippen LogP contribution in [0.4, 0.5) is 10.1 Å². The molecular formula is C20H24ClFN2O4S. The molecule has 0 spiro atoms. The molecule has 0 aliphatic rings. The fourth-order valence-electron chi connectivity index (χ4n) is 2.86. The fourth-order valence-corrected chi connectivity index (χ4v) is 4.24. The second-order valence-electron chi connectivity index (χ2n) is 6.38. The van der Waals surface area contributed by atoms with Crippen molar-refractivity contribution in [3.05, 3.63) is 58.9 Å². The average Bonchev–Trinajstić information content (AvgIpc) is 2.67. The molecule has 0 aliphatic carbocycles. The summed E-state index contributed by atoms with van der Waals surface area (Å²) in [5.74, 6) is -0.408. The lowest BCUT2D eigenvalue weighted by Crippen LogP contribution is -2.49. The fraction of sp³-hybridized carbons (Fsp3) is 0.350. The molecule has 0 saturated heterocycles. The average molecular weight is 443 g/mol. The summed E-state index contributed by atoms with van der Waals surface area (Å²) in [5, 5.41) is 2.54. The van der Waals surface area contributed by atoms with Crippen LogP contribution in [0.5, 0.6) is 5.75 Å². The Morgan fingerprint density at radius 3 is 2.38 bits per heavy atom. The highest BCUT2D eigenvalue weighted by Gasteiger charge is 2.31. The second kappa shape index (κ2) is 9.93. The quantitative estimate of drug-likeness (QED) is 0.641. The number of carbonyl (C=O) groups is 1. The zero-order valence-corrected chi connectivity index (χ0v) is 18.1. The molecule has 1 amide bonds. The van der Waals surface area contributed by atoms with E-state index in [1.807, 2.05) is 19.1 Å². The van der Waals surface area contributed by atoms with E-state index in [4.69, 9.17) is 16.3 Å². The van der Waals surface area contributed by atoms with Crippen molar-refractivity contribution in [2.24, 2.45) is 0 Å². The largest absolute Gasteiger partial charge is 0.494 e. The van der Waals surface area contributed by atoms with Gasteiger partial charge in [0.05, 0.1) is 23.6 Å². The van der Waals surface area contributed by atoms with Crippen molar-refractivity contribution < 1.29 is 22.3 Å². The summed E-state index contributed by atoms with van der Waals surface area (Å²) in [6, 6.07) is 9.78. The van der Waals surface area contributed by atoms with Crippen LogP contribution in [0.1, 0.15) is 25.8 Å². The molecule has 6 nitrogen and oxygen atoms in total. The maximum absolute atomic E-state index is 13.5. The number of nitrogens with one attached hydrogen (secondary N) is 1. The first-order chi connectivity index (χ1) is 13.7. The minimum Gasteiger partial charge on any atom is -0.494 e. The number of anilines is 1. The summed E-state index contributed by atoms with van der Waals surface area (Å²) in [7, 11) is -3.82. The van der Waals surface area contributed by atoms with Crippen molar-refractivity contribution in [1.82, 2.24) is 5.32 Å². The lowest BCUT2D eigenvalue weighted by Gasteiger charge is -2.30. The van der Waals surface area contributed by atoms with E-state index in [2.05, 4.69) is 5.32 Å². The van der Waals surface area contributed by atoms with Crippen LogP contribution in [0.25, 0.3) is 0 Å². The van der Waals surface area contributed by atoms with Crippen molar-refractivity contribution in [3.8, 4) is 5.75 Å². The predicted octanol–water partition coefficient (Wildman–Crippen LogP) is 3.74. The first kappa shape index (κ1) is 23.0. The van der Waals surface area contributed by atoms with Crippen molar-refractivity contribution in [2.75, 3.05) is 17.2 Å². The maximum Gasteiger partial charge on any atom is 0.244 e. The number of halogens is 2. The molecule has 9 heteroatoms. The Labute approximate surface area is 175 Å². The number of carbonyl (C=O) groups excluding carboxylic acids is 1. The standard InChI is InChI=1S/C20H24ClFN2O4S/c1-4-19(20(25)23-13-14-6-9-16(10-7-14)28-5-2)24(29(3,26)27)15-8-11-18(22)17(21)12-15/h6-12,19H,4-5,13H2,1-3H3,(H,23,25)/t19-/m0/s1. The Morgan fingerprint density at radius 1 is 1.21 bits per heavy atom. The van der Waals surface area contributed by atoms with Crippen LogP contribution in [0.3, 0.4) is 0 Å². The Bertz CT molecular complexity index is 951. The van der Waals surface area contributed by atoms with E-state index in [-0.39, 0.29) is 23.7 Å². The van der Waals surface area contributed by atoms with Gasteiger partial charge in [-0.15, -0.1) is 0 Å². The van der Waals surface area contributed by atoms with Crippen LogP contribution in [0, 0.1) is 5.82 Å². The lowest BCUT2D eigenvalue weighted by atomic mass is 10.1. The molecule has 2 aromatic rings. The molecule has 0 unspecified atom stereocenters. The van der Waals surface area contributed by atoms with Gasteiger partial charge in [0.2, 0.25) is 15.9 Å². The zero-order valence-electron chi connectivity index (χ0n) is 16.5. The first-order valence-electron chi connectivity index (χ1n) is 9.11. The minimum absolute atomic E-state index is 0.127. The van der Waals surface area contributed by atoms with Gasteiger partial charge in [-0.05, 0) is 49.2 Å². The Morgan fingerprint density at radius 2 is 1.86 bits per heavy atom. The summed E-state index contributed by atoms with van der Waals surface area (Å²) in [5.41, 5.74) is 0.967. The molecule has 1 atom stereocenters. The molecule has 158 valence electrons. The number of sulfonamides is 1. The van der Waals surface area contributed by atoms with Gasteiger partial charge in [0.1, 0.15) is 17.6 Å². The second-order valence-corrected chi connectivity index (χ2v) is 8.64. The molecule has 0 fully saturated rings. The normalized spacial score (nSPS) is 12.3. The van der Waals surface area contributed by atoms with Gasteiger partial charge in [-0.3, -0.25) is 9.10 Å². The summed E-state index contributed by atoms with van der Waals surface area (Å²) >= 11 is 5.80. The Hall–Kier alpha value is -2.32. The highest BCUT2D eigenvalue weighted by molar-refractivity contribution is 7.92. The zero-order chi connectivity index (χ0) is 21.6. The van der Waals surface area contributed by atoms with E-state index in [9.17, 15) is 17.6 Å². The van der Waals surface area contributed by atoms with Crippen LogP contribution in [0.2, 0.25) is 5.02 Å². The summed E-state index contributed by atoms with van der Waals surface area (Å²) < 4.78 is 44.6. The number of nitrogens with zero attached hydrogens (tertiary/aromatic N) is 1. The van der Waals surface area contributed by atoms with Crippen LogP contribution < -0.4 is 14.4 Å². The van der Waals surface area contributed by atoms with Crippen molar-refractivity contribution in [2.45, 2.75) is 32.9 Å². The third-order valence-electron chi connectivity index (χ3n) is 4.19. The third kappa shape index (κ3) is 6.08. The molecule has 1 N–H and O–H groups in total. The minimum atomic E-state index is -3.82. The van der Waals surface area contributed by atoms with Gasteiger partial charge < -0.3 is 10.1 Å².